The van der Waals surface area contributed by atoms with Crippen molar-refractivity contribution in [1.82, 2.24) is 14.9 Å². The first-order chi connectivity index (χ1) is 13.6. The SMILES string of the molecule is CCN(c1cc(-c2ccncc2)c[nH]c1=O)[C@@H]1CCCN(C(=O)/C=C/CN)C1. The Morgan fingerprint density at radius 1 is 1.39 bits per heavy atom. The number of rotatable bonds is 6. The maximum absolute atomic E-state index is 12.6. The maximum atomic E-state index is 12.6. The second-order valence-electron chi connectivity index (χ2n) is 6.84. The number of aromatic nitrogens is 2. The second kappa shape index (κ2) is 9.32. The summed E-state index contributed by atoms with van der Waals surface area (Å²) in [7, 11) is 0. The van der Waals surface area contributed by atoms with Crippen LogP contribution in [0.15, 0.2) is 53.7 Å². The molecule has 0 radical (unpaired) electrons. The Morgan fingerprint density at radius 3 is 2.89 bits per heavy atom. The summed E-state index contributed by atoms with van der Waals surface area (Å²) in [6, 6.07) is 5.85. The Kier molecular flexibility index (Phi) is 6.60. The normalized spacial score (nSPS) is 17.1. The van der Waals surface area contributed by atoms with Gasteiger partial charge in [-0.3, -0.25) is 14.6 Å². The van der Waals surface area contributed by atoms with Crippen molar-refractivity contribution in [2.24, 2.45) is 5.73 Å². The van der Waals surface area contributed by atoms with Gasteiger partial charge in [0.2, 0.25) is 5.91 Å². The van der Waals surface area contributed by atoms with Gasteiger partial charge >= 0.3 is 0 Å². The van der Waals surface area contributed by atoms with Crippen LogP contribution >= 0.6 is 0 Å². The standard InChI is InChI=1S/C21H27N5O2/c1-2-26(18-5-4-12-25(15-18)20(27)6-3-9-22)19-13-17(14-24-21(19)28)16-7-10-23-11-8-16/h3,6-8,10-11,13-14,18H,2,4-5,9,12,15,22H2,1H3,(H,24,28)/b6-3+/t18-/m1/s1. The van der Waals surface area contributed by atoms with E-state index in [2.05, 4.69) is 14.9 Å². The van der Waals surface area contributed by atoms with Gasteiger partial charge in [-0.1, -0.05) is 6.08 Å². The molecule has 1 atom stereocenters. The minimum Gasteiger partial charge on any atom is -0.363 e. The molecule has 3 heterocycles. The van der Waals surface area contributed by atoms with Gasteiger partial charge in [0.25, 0.3) is 5.56 Å². The summed E-state index contributed by atoms with van der Waals surface area (Å²) in [5.41, 5.74) is 7.90. The van der Waals surface area contributed by atoms with Crippen molar-refractivity contribution in [2.45, 2.75) is 25.8 Å². The lowest BCUT2D eigenvalue weighted by Crippen LogP contribution is -2.50. The van der Waals surface area contributed by atoms with E-state index in [9.17, 15) is 9.59 Å². The van der Waals surface area contributed by atoms with Crippen LogP contribution in [0.25, 0.3) is 11.1 Å². The minimum absolute atomic E-state index is 0.0225. The minimum atomic E-state index is -0.119. The molecule has 1 fully saturated rings. The van der Waals surface area contributed by atoms with Crippen molar-refractivity contribution in [3.8, 4) is 11.1 Å². The number of amides is 1. The molecule has 7 heteroatoms. The number of carbonyl (C=O) groups excluding carboxylic acids is 1. The van der Waals surface area contributed by atoms with Gasteiger partial charge < -0.3 is 20.5 Å². The van der Waals surface area contributed by atoms with Gasteiger partial charge in [-0.2, -0.15) is 0 Å². The number of likely N-dealkylation sites (N-methyl/N-ethyl adjacent to an activating group) is 1. The Hall–Kier alpha value is -2.93. The summed E-state index contributed by atoms with van der Waals surface area (Å²) in [5.74, 6) is -0.0225. The molecule has 3 rings (SSSR count). The number of nitrogens with zero attached hydrogens (tertiary/aromatic N) is 3. The van der Waals surface area contributed by atoms with Crippen molar-refractivity contribution < 1.29 is 4.79 Å². The molecule has 1 aliphatic rings. The highest BCUT2D eigenvalue weighted by Gasteiger charge is 2.28. The molecular weight excluding hydrogens is 354 g/mol. The predicted octanol–water partition coefficient (Wildman–Crippen LogP) is 1.77. The van der Waals surface area contributed by atoms with E-state index in [1.54, 1.807) is 24.7 Å². The fourth-order valence-electron chi connectivity index (χ4n) is 3.70. The number of hydrogen-bond donors (Lipinski definition) is 2. The molecule has 2 aromatic heterocycles. The third-order valence-electron chi connectivity index (χ3n) is 5.09. The van der Waals surface area contributed by atoms with Crippen LogP contribution in [0, 0.1) is 0 Å². The van der Waals surface area contributed by atoms with E-state index >= 15 is 0 Å². The quantitative estimate of drug-likeness (QED) is 0.744. The molecule has 0 spiro atoms. The monoisotopic (exact) mass is 381 g/mol. The third kappa shape index (κ3) is 4.48. The number of anilines is 1. The maximum Gasteiger partial charge on any atom is 0.271 e. The molecule has 7 nitrogen and oxygen atoms in total. The fourth-order valence-corrected chi connectivity index (χ4v) is 3.70. The van der Waals surface area contributed by atoms with Gasteiger partial charge in [0, 0.05) is 62.5 Å². The van der Waals surface area contributed by atoms with E-state index in [1.165, 1.54) is 6.08 Å². The molecule has 0 aliphatic carbocycles. The number of likely N-dealkylation sites (tertiary alicyclic amines) is 1. The molecule has 1 aliphatic heterocycles. The molecule has 148 valence electrons. The van der Waals surface area contributed by atoms with Gasteiger partial charge in [0.05, 0.1) is 0 Å². The first-order valence-electron chi connectivity index (χ1n) is 9.69. The predicted molar refractivity (Wildman–Crippen MR) is 111 cm³/mol. The third-order valence-corrected chi connectivity index (χ3v) is 5.09. The van der Waals surface area contributed by atoms with Crippen LogP contribution in [-0.2, 0) is 4.79 Å². The number of nitrogens with two attached hydrogens (primary N) is 1. The van der Waals surface area contributed by atoms with Crippen LogP contribution in [0.3, 0.4) is 0 Å². The topological polar surface area (TPSA) is 95.3 Å². The van der Waals surface area contributed by atoms with Crippen LogP contribution in [0.5, 0.6) is 0 Å². The summed E-state index contributed by atoms with van der Waals surface area (Å²) in [6.45, 7) is 4.40. The summed E-state index contributed by atoms with van der Waals surface area (Å²) in [6.07, 6.45) is 10.3. The molecule has 28 heavy (non-hydrogen) atoms. The van der Waals surface area contributed by atoms with E-state index in [-0.39, 0.29) is 17.5 Å². The molecule has 0 bridgehead atoms. The summed E-state index contributed by atoms with van der Waals surface area (Å²) < 4.78 is 0. The zero-order valence-electron chi connectivity index (χ0n) is 16.2. The van der Waals surface area contributed by atoms with E-state index in [0.717, 1.165) is 30.5 Å². The Morgan fingerprint density at radius 2 is 2.18 bits per heavy atom. The van der Waals surface area contributed by atoms with Crippen molar-refractivity contribution in [3.63, 3.8) is 0 Å². The van der Waals surface area contributed by atoms with Crippen molar-refractivity contribution in [2.75, 3.05) is 31.1 Å². The van der Waals surface area contributed by atoms with E-state index in [0.29, 0.717) is 25.3 Å². The summed E-state index contributed by atoms with van der Waals surface area (Å²) in [5, 5.41) is 0. The molecule has 1 amide bonds. The van der Waals surface area contributed by atoms with Crippen LogP contribution in [0.1, 0.15) is 19.8 Å². The Balaban J connectivity index is 1.85. The van der Waals surface area contributed by atoms with Crippen LogP contribution in [0.2, 0.25) is 0 Å². The lowest BCUT2D eigenvalue weighted by Gasteiger charge is -2.39. The average Bonchev–Trinajstić information content (AvgIpc) is 2.74. The number of nitrogens with one attached hydrogen (secondary N) is 1. The van der Waals surface area contributed by atoms with Crippen molar-refractivity contribution in [1.29, 1.82) is 0 Å². The number of carbonyl (C=O) groups is 1. The zero-order chi connectivity index (χ0) is 19.9. The van der Waals surface area contributed by atoms with E-state index in [1.807, 2.05) is 30.0 Å². The molecule has 0 saturated carbocycles. The summed E-state index contributed by atoms with van der Waals surface area (Å²) in [4.78, 5) is 35.8. The molecule has 0 aromatic carbocycles. The van der Waals surface area contributed by atoms with Gasteiger partial charge in [0.1, 0.15) is 5.69 Å². The zero-order valence-corrected chi connectivity index (χ0v) is 16.2. The van der Waals surface area contributed by atoms with Gasteiger partial charge in [-0.15, -0.1) is 0 Å². The smallest absolute Gasteiger partial charge is 0.271 e. The molecule has 1 saturated heterocycles. The molecular formula is C21H27N5O2. The number of H-pyrrole nitrogens is 1. The average molecular weight is 381 g/mol. The Bertz CT molecular complexity index is 878. The highest BCUT2D eigenvalue weighted by atomic mass is 16.2. The van der Waals surface area contributed by atoms with Crippen molar-refractivity contribution >= 4 is 11.6 Å². The van der Waals surface area contributed by atoms with Crippen LogP contribution in [-0.4, -0.2) is 53.0 Å². The number of hydrogen-bond acceptors (Lipinski definition) is 5. The number of aromatic amines is 1. The second-order valence-corrected chi connectivity index (χ2v) is 6.84. The molecule has 2 aromatic rings. The lowest BCUT2D eigenvalue weighted by atomic mass is 10.0. The van der Waals surface area contributed by atoms with Crippen LogP contribution < -0.4 is 16.2 Å². The van der Waals surface area contributed by atoms with Crippen molar-refractivity contribution in [3.05, 3.63) is 59.3 Å². The lowest BCUT2D eigenvalue weighted by molar-refractivity contribution is -0.127. The summed E-state index contributed by atoms with van der Waals surface area (Å²) >= 11 is 0. The number of pyridine rings is 2. The Labute approximate surface area is 164 Å². The highest BCUT2D eigenvalue weighted by molar-refractivity contribution is 5.87. The first kappa shape index (κ1) is 19.8. The van der Waals surface area contributed by atoms with Gasteiger partial charge in [-0.25, -0.2) is 0 Å². The van der Waals surface area contributed by atoms with E-state index < -0.39 is 0 Å². The molecule has 0 unspecified atom stereocenters. The highest BCUT2D eigenvalue weighted by Crippen LogP contribution is 2.24. The largest absolute Gasteiger partial charge is 0.363 e. The molecule has 3 N–H and O–H groups in total. The van der Waals surface area contributed by atoms with Gasteiger partial charge in [-0.05, 0) is 43.5 Å². The van der Waals surface area contributed by atoms with Crippen LogP contribution in [0.4, 0.5) is 5.69 Å². The first-order valence-corrected chi connectivity index (χ1v) is 9.69. The fraction of sp³-hybridized carbons (Fsp3) is 0.381. The number of piperidine rings is 1. The van der Waals surface area contributed by atoms with Gasteiger partial charge in [0.15, 0.2) is 0 Å². The van der Waals surface area contributed by atoms with E-state index in [4.69, 9.17) is 5.73 Å².